The Kier molecular flexibility index (Phi) is 7.06. The summed E-state index contributed by atoms with van der Waals surface area (Å²) in [4.78, 5) is 9.59. The lowest BCUT2D eigenvalue weighted by Crippen LogP contribution is -2.38. The second kappa shape index (κ2) is 9.82. The zero-order chi connectivity index (χ0) is 23.6. The highest BCUT2D eigenvalue weighted by atomic mass is 79.9. The first-order chi connectivity index (χ1) is 15.9. The minimum absolute atomic E-state index is 0.145. The van der Waals surface area contributed by atoms with Gasteiger partial charge in [-0.2, -0.15) is 5.10 Å². The van der Waals surface area contributed by atoms with E-state index in [0.29, 0.717) is 22.6 Å². The van der Waals surface area contributed by atoms with Crippen molar-refractivity contribution in [3.8, 4) is 11.5 Å². The molecule has 0 aliphatic heterocycles. The van der Waals surface area contributed by atoms with Gasteiger partial charge in [0.05, 0.1) is 19.9 Å². The van der Waals surface area contributed by atoms with Gasteiger partial charge in [0.2, 0.25) is 0 Å². The minimum Gasteiger partial charge on any atom is -0.497 e. The number of benzene rings is 1. The molecule has 1 N–H and O–H groups in total. The Morgan fingerprint density at radius 2 is 1.94 bits per heavy atom. The summed E-state index contributed by atoms with van der Waals surface area (Å²) < 4.78 is 24.8. The molecule has 1 aliphatic rings. The molecule has 1 fully saturated rings. The van der Waals surface area contributed by atoms with Crippen LogP contribution in [0.15, 0.2) is 22.8 Å². The number of halogens is 1. The Hall–Kier alpha value is -2.43. The van der Waals surface area contributed by atoms with Crippen LogP contribution in [0.3, 0.4) is 0 Å². The summed E-state index contributed by atoms with van der Waals surface area (Å²) in [6, 6.07) is 5.74. The van der Waals surface area contributed by atoms with E-state index < -0.39 is 5.79 Å². The van der Waals surface area contributed by atoms with Gasteiger partial charge in [0.1, 0.15) is 16.1 Å². The molecule has 10 heteroatoms. The van der Waals surface area contributed by atoms with E-state index in [1.807, 2.05) is 29.6 Å². The van der Waals surface area contributed by atoms with Crippen molar-refractivity contribution < 1.29 is 18.9 Å². The van der Waals surface area contributed by atoms with Crippen molar-refractivity contribution in [2.24, 2.45) is 0 Å². The van der Waals surface area contributed by atoms with Gasteiger partial charge >= 0.3 is 0 Å². The second-order valence-electron chi connectivity index (χ2n) is 8.19. The van der Waals surface area contributed by atoms with Crippen LogP contribution in [0.5, 0.6) is 11.5 Å². The van der Waals surface area contributed by atoms with E-state index in [9.17, 15) is 0 Å². The third-order valence-electron chi connectivity index (χ3n) is 6.38. The zero-order valence-electron chi connectivity index (χ0n) is 19.6. The minimum atomic E-state index is -0.583. The average molecular weight is 520 g/mol. The van der Waals surface area contributed by atoms with Gasteiger partial charge in [-0.25, -0.2) is 14.5 Å². The van der Waals surface area contributed by atoms with Crippen LogP contribution in [0, 0.1) is 6.92 Å². The lowest BCUT2D eigenvalue weighted by atomic mass is 9.84. The normalized spacial score (nSPS) is 17.8. The number of anilines is 1. The number of fused-ring (bicyclic) bond motifs is 1. The highest BCUT2D eigenvalue weighted by Gasteiger charge is 2.38. The number of aromatic nitrogens is 4. The Morgan fingerprint density at radius 1 is 1.15 bits per heavy atom. The lowest BCUT2D eigenvalue weighted by molar-refractivity contribution is -0.226. The maximum Gasteiger partial charge on any atom is 0.198 e. The fraction of sp³-hybridized carbons (Fsp3) is 0.522. The van der Waals surface area contributed by atoms with Gasteiger partial charge in [-0.3, -0.25) is 0 Å². The van der Waals surface area contributed by atoms with Gasteiger partial charge in [-0.05, 0) is 47.8 Å². The summed E-state index contributed by atoms with van der Waals surface area (Å²) in [6.45, 7) is 2.47. The quantitative estimate of drug-likeness (QED) is 0.435. The van der Waals surface area contributed by atoms with Crippen LogP contribution in [0.1, 0.15) is 48.7 Å². The van der Waals surface area contributed by atoms with E-state index in [0.717, 1.165) is 54.3 Å². The van der Waals surface area contributed by atoms with E-state index in [-0.39, 0.29) is 5.92 Å². The molecular formula is C23H30BrN5O4. The summed E-state index contributed by atoms with van der Waals surface area (Å²) in [5.74, 6) is 2.47. The Bertz CT molecular complexity index is 1130. The summed E-state index contributed by atoms with van der Waals surface area (Å²) in [5.41, 5.74) is 2.55. The highest BCUT2D eigenvalue weighted by Crippen LogP contribution is 2.40. The molecule has 1 aliphatic carbocycles. The number of nitrogens with zero attached hydrogens (tertiary/aromatic N) is 4. The summed E-state index contributed by atoms with van der Waals surface area (Å²) in [6.07, 6.45) is 3.57. The first kappa shape index (κ1) is 23.7. The maximum absolute atomic E-state index is 5.71. The molecule has 0 spiro atoms. The van der Waals surface area contributed by atoms with Crippen molar-refractivity contribution in [2.45, 2.75) is 50.9 Å². The molecule has 1 saturated carbocycles. The van der Waals surface area contributed by atoms with Crippen molar-refractivity contribution in [1.29, 1.82) is 0 Å². The SMILES string of the molecule is COc1ccc(CNc2nc(Br)c(C)n3nc(C4CCCC(OC)(OC)C4)nc23)c(OC)c1. The van der Waals surface area contributed by atoms with E-state index in [2.05, 4.69) is 21.2 Å². The maximum atomic E-state index is 5.71. The third-order valence-corrected chi connectivity index (χ3v) is 7.13. The van der Waals surface area contributed by atoms with E-state index in [1.54, 1.807) is 28.4 Å². The van der Waals surface area contributed by atoms with Crippen LogP contribution < -0.4 is 14.8 Å². The van der Waals surface area contributed by atoms with Crippen LogP contribution >= 0.6 is 15.9 Å². The molecule has 178 valence electrons. The van der Waals surface area contributed by atoms with Crippen molar-refractivity contribution >= 4 is 27.4 Å². The topological polar surface area (TPSA) is 92.0 Å². The first-order valence-corrected chi connectivity index (χ1v) is 11.7. The molecule has 0 radical (unpaired) electrons. The predicted octanol–water partition coefficient (Wildman–Crippen LogP) is 4.47. The average Bonchev–Trinajstić information content (AvgIpc) is 3.31. The Balaban J connectivity index is 1.65. The van der Waals surface area contributed by atoms with Crippen molar-refractivity contribution in [1.82, 2.24) is 19.6 Å². The largest absolute Gasteiger partial charge is 0.497 e. The lowest BCUT2D eigenvalue weighted by Gasteiger charge is -2.37. The summed E-state index contributed by atoms with van der Waals surface area (Å²) in [5, 5.41) is 8.25. The highest BCUT2D eigenvalue weighted by molar-refractivity contribution is 9.10. The van der Waals surface area contributed by atoms with E-state index in [4.69, 9.17) is 34.0 Å². The van der Waals surface area contributed by atoms with Crippen molar-refractivity contribution in [3.05, 3.63) is 39.9 Å². The van der Waals surface area contributed by atoms with Gasteiger partial charge in [-0.1, -0.05) is 0 Å². The number of methoxy groups -OCH3 is 4. The molecule has 1 atom stereocenters. The van der Waals surface area contributed by atoms with Crippen molar-refractivity contribution in [3.63, 3.8) is 0 Å². The van der Waals surface area contributed by atoms with E-state index >= 15 is 0 Å². The van der Waals surface area contributed by atoms with Crippen LogP contribution in [0.25, 0.3) is 5.65 Å². The van der Waals surface area contributed by atoms with Gasteiger partial charge in [0, 0.05) is 51.2 Å². The monoisotopic (exact) mass is 519 g/mol. The number of hydrogen-bond acceptors (Lipinski definition) is 8. The predicted molar refractivity (Wildman–Crippen MR) is 128 cm³/mol. The Labute approximate surface area is 201 Å². The molecule has 1 aromatic carbocycles. The number of ether oxygens (including phenoxy) is 4. The Morgan fingerprint density at radius 3 is 2.64 bits per heavy atom. The summed E-state index contributed by atoms with van der Waals surface area (Å²) in [7, 11) is 6.68. The molecule has 9 nitrogen and oxygen atoms in total. The molecule has 33 heavy (non-hydrogen) atoms. The van der Waals surface area contributed by atoms with Gasteiger partial charge in [0.25, 0.3) is 0 Å². The fourth-order valence-electron chi connectivity index (χ4n) is 4.37. The molecule has 0 saturated heterocycles. The van der Waals surface area contributed by atoms with Gasteiger partial charge in [0.15, 0.2) is 23.1 Å². The van der Waals surface area contributed by atoms with Gasteiger partial charge < -0.3 is 24.3 Å². The molecule has 2 heterocycles. The molecule has 4 rings (SSSR count). The van der Waals surface area contributed by atoms with Crippen LogP contribution in [0.2, 0.25) is 0 Å². The number of nitrogens with one attached hydrogen (secondary N) is 1. The molecule has 0 amide bonds. The summed E-state index contributed by atoms with van der Waals surface area (Å²) >= 11 is 3.57. The smallest absolute Gasteiger partial charge is 0.198 e. The van der Waals surface area contributed by atoms with Crippen LogP contribution in [0.4, 0.5) is 5.82 Å². The number of hydrogen-bond donors (Lipinski definition) is 1. The van der Waals surface area contributed by atoms with Gasteiger partial charge in [-0.15, -0.1) is 0 Å². The molecule has 1 unspecified atom stereocenters. The molecular weight excluding hydrogens is 490 g/mol. The molecule has 0 bridgehead atoms. The third kappa shape index (κ3) is 4.64. The second-order valence-corrected chi connectivity index (χ2v) is 8.94. The molecule has 2 aromatic heterocycles. The standard InChI is InChI=1S/C23H30BrN5O4/c1-14-19(24)26-21(25-13-16-8-9-17(30-2)11-18(16)31-3)22-27-20(28-29(14)22)15-7-6-10-23(12-15,32-4)33-5/h8-9,11,15H,6-7,10,12-13H2,1-5H3,(H,25,26). The molecule has 3 aromatic rings. The van der Waals surface area contributed by atoms with Crippen molar-refractivity contribution in [2.75, 3.05) is 33.8 Å². The van der Waals surface area contributed by atoms with Crippen LogP contribution in [-0.2, 0) is 16.0 Å². The number of rotatable bonds is 8. The number of aryl methyl sites for hydroxylation is 1. The zero-order valence-corrected chi connectivity index (χ0v) is 21.2. The van der Waals surface area contributed by atoms with Crippen LogP contribution in [-0.4, -0.2) is 53.8 Å². The van der Waals surface area contributed by atoms with E-state index in [1.165, 1.54) is 0 Å². The fourth-order valence-corrected chi connectivity index (χ4v) is 4.72. The first-order valence-electron chi connectivity index (χ1n) is 10.9.